The number of fused-ring (bicyclic) bond motifs is 1. The quantitative estimate of drug-likeness (QED) is 0.412. The van der Waals surface area contributed by atoms with Crippen molar-refractivity contribution in [2.24, 2.45) is 4.99 Å². The summed E-state index contributed by atoms with van der Waals surface area (Å²) < 4.78 is 2.07. The van der Waals surface area contributed by atoms with Gasteiger partial charge in [0.2, 0.25) is 0 Å². The first-order valence-corrected chi connectivity index (χ1v) is 9.00. The third-order valence-corrected chi connectivity index (χ3v) is 4.62. The van der Waals surface area contributed by atoms with Crippen LogP contribution in [0.25, 0.3) is 0 Å². The fraction of sp³-hybridized carbons (Fsp3) is 0.526. The smallest absolute Gasteiger partial charge is 0.191 e. The van der Waals surface area contributed by atoms with Crippen LogP contribution in [0.2, 0.25) is 0 Å². The molecule has 1 unspecified atom stereocenters. The van der Waals surface area contributed by atoms with Crippen molar-refractivity contribution in [1.82, 2.24) is 25.4 Å². The first kappa shape index (κ1) is 20.7. The molecule has 1 aliphatic rings. The SMILES string of the molecule is CN=C(NCc1ccc(C)nc1)NC1CCc2cn(C(C)C)nc2C1.I. The Morgan fingerprint density at radius 2 is 2.19 bits per heavy atom. The highest BCUT2D eigenvalue weighted by atomic mass is 127. The van der Waals surface area contributed by atoms with Gasteiger partial charge in [-0.15, -0.1) is 24.0 Å². The van der Waals surface area contributed by atoms with Crippen LogP contribution in [0.4, 0.5) is 0 Å². The number of aryl methyl sites for hydroxylation is 2. The van der Waals surface area contributed by atoms with E-state index in [1.54, 1.807) is 0 Å². The lowest BCUT2D eigenvalue weighted by atomic mass is 9.94. The molecule has 2 heterocycles. The van der Waals surface area contributed by atoms with Gasteiger partial charge in [-0.1, -0.05) is 6.07 Å². The number of rotatable bonds is 4. The van der Waals surface area contributed by atoms with Crippen LogP contribution < -0.4 is 10.6 Å². The Labute approximate surface area is 172 Å². The van der Waals surface area contributed by atoms with E-state index in [9.17, 15) is 0 Å². The molecular weight excluding hydrogens is 439 g/mol. The third kappa shape index (κ3) is 5.18. The van der Waals surface area contributed by atoms with Crippen molar-refractivity contribution in [1.29, 1.82) is 0 Å². The first-order chi connectivity index (χ1) is 12.0. The summed E-state index contributed by atoms with van der Waals surface area (Å²) >= 11 is 0. The molecule has 0 bridgehead atoms. The summed E-state index contributed by atoms with van der Waals surface area (Å²) in [6.07, 6.45) is 7.22. The van der Waals surface area contributed by atoms with Crippen LogP contribution in [0.5, 0.6) is 0 Å². The highest BCUT2D eigenvalue weighted by molar-refractivity contribution is 14.0. The van der Waals surface area contributed by atoms with E-state index in [4.69, 9.17) is 5.10 Å². The Morgan fingerprint density at radius 1 is 1.38 bits per heavy atom. The maximum atomic E-state index is 4.74. The van der Waals surface area contributed by atoms with Gasteiger partial charge in [0, 0.05) is 50.2 Å². The lowest BCUT2D eigenvalue weighted by molar-refractivity contribution is 0.499. The van der Waals surface area contributed by atoms with Crippen LogP contribution in [0, 0.1) is 6.92 Å². The van der Waals surface area contributed by atoms with Crippen molar-refractivity contribution >= 4 is 29.9 Å². The zero-order valence-electron chi connectivity index (χ0n) is 16.0. The molecule has 3 rings (SSSR count). The second-order valence-corrected chi connectivity index (χ2v) is 6.99. The largest absolute Gasteiger partial charge is 0.353 e. The topological polar surface area (TPSA) is 67.1 Å². The Balaban J connectivity index is 0.00000243. The molecule has 26 heavy (non-hydrogen) atoms. The fourth-order valence-corrected chi connectivity index (χ4v) is 3.08. The Hall–Kier alpha value is -1.64. The number of nitrogens with zero attached hydrogens (tertiary/aromatic N) is 4. The number of nitrogens with one attached hydrogen (secondary N) is 2. The van der Waals surface area contributed by atoms with Gasteiger partial charge in [0.05, 0.1) is 5.69 Å². The van der Waals surface area contributed by atoms with Gasteiger partial charge in [0.1, 0.15) is 0 Å². The number of halogens is 1. The molecule has 142 valence electrons. The highest BCUT2D eigenvalue weighted by Gasteiger charge is 2.22. The minimum Gasteiger partial charge on any atom is -0.353 e. The Morgan fingerprint density at radius 3 is 2.85 bits per heavy atom. The van der Waals surface area contributed by atoms with E-state index in [1.807, 2.05) is 26.2 Å². The van der Waals surface area contributed by atoms with Gasteiger partial charge in [-0.05, 0) is 50.8 Å². The average molecular weight is 468 g/mol. The van der Waals surface area contributed by atoms with Gasteiger partial charge >= 0.3 is 0 Å². The summed E-state index contributed by atoms with van der Waals surface area (Å²) in [6, 6.07) is 4.90. The Bertz CT molecular complexity index is 735. The number of aliphatic imine (C=N–C) groups is 1. The molecule has 6 nitrogen and oxygen atoms in total. The monoisotopic (exact) mass is 468 g/mol. The van der Waals surface area contributed by atoms with Gasteiger partial charge in [-0.25, -0.2) is 0 Å². The summed E-state index contributed by atoms with van der Waals surface area (Å²) in [6.45, 7) is 7.04. The summed E-state index contributed by atoms with van der Waals surface area (Å²) in [7, 11) is 1.81. The third-order valence-electron chi connectivity index (χ3n) is 4.62. The number of pyridine rings is 1. The molecule has 0 saturated carbocycles. The van der Waals surface area contributed by atoms with E-state index in [1.165, 1.54) is 11.3 Å². The van der Waals surface area contributed by atoms with Gasteiger partial charge in [0.15, 0.2) is 5.96 Å². The molecule has 0 fully saturated rings. The molecule has 7 heteroatoms. The number of hydrogen-bond acceptors (Lipinski definition) is 3. The summed E-state index contributed by atoms with van der Waals surface area (Å²) in [5.74, 6) is 0.831. The van der Waals surface area contributed by atoms with Crippen LogP contribution >= 0.6 is 24.0 Å². The lowest BCUT2D eigenvalue weighted by Gasteiger charge is -2.24. The predicted octanol–water partition coefficient (Wildman–Crippen LogP) is 3.01. The summed E-state index contributed by atoms with van der Waals surface area (Å²) in [5.41, 5.74) is 4.79. The van der Waals surface area contributed by atoms with Crippen molar-refractivity contribution in [3.63, 3.8) is 0 Å². The zero-order chi connectivity index (χ0) is 17.8. The van der Waals surface area contributed by atoms with Crippen molar-refractivity contribution in [2.45, 2.75) is 58.7 Å². The molecule has 2 N–H and O–H groups in total. The highest BCUT2D eigenvalue weighted by Crippen LogP contribution is 2.21. The van der Waals surface area contributed by atoms with E-state index in [0.717, 1.165) is 36.5 Å². The minimum absolute atomic E-state index is 0. The van der Waals surface area contributed by atoms with Crippen molar-refractivity contribution in [3.8, 4) is 0 Å². The van der Waals surface area contributed by atoms with Gasteiger partial charge in [-0.3, -0.25) is 14.7 Å². The normalized spacial score (nSPS) is 16.8. The molecular formula is C19H29IN6. The molecule has 2 aromatic rings. The Kier molecular flexibility index (Phi) is 7.43. The van der Waals surface area contributed by atoms with Crippen molar-refractivity contribution in [2.75, 3.05) is 7.05 Å². The van der Waals surface area contributed by atoms with Crippen molar-refractivity contribution < 1.29 is 0 Å². The number of aromatic nitrogens is 3. The molecule has 0 aromatic carbocycles. The van der Waals surface area contributed by atoms with Crippen LogP contribution in [-0.4, -0.2) is 33.8 Å². The molecule has 1 atom stereocenters. The van der Waals surface area contributed by atoms with E-state index in [0.29, 0.717) is 18.6 Å². The number of guanidine groups is 1. The van der Waals surface area contributed by atoms with E-state index >= 15 is 0 Å². The molecule has 0 amide bonds. The molecule has 0 aliphatic heterocycles. The molecule has 2 aromatic heterocycles. The van der Waals surface area contributed by atoms with Crippen LogP contribution in [0.15, 0.2) is 29.5 Å². The minimum atomic E-state index is 0. The van der Waals surface area contributed by atoms with Crippen LogP contribution in [-0.2, 0) is 19.4 Å². The molecule has 1 aliphatic carbocycles. The lowest BCUT2D eigenvalue weighted by Crippen LogP contribution is -2.45. The second kappa shape index (κ2) is 9.34. The maximum absolute atomic E-state index is 4.74. The molecule has 0 saturated heterocycles. The molecule has 0 spiro atoms. The maximum Gasteiger partial charge on any atom is 0.191 e. The summed E-state index contributed by atoms with van der Waals surface area (Å²) in [4.78, 5) is 8.68. The first-order valence-electron chi connectivity index (χ1n) is 9.00. The van der Waals surface area contributed by atoms with Gasteiger partial charge in [-0.2, -0.15) is 5.10 Å². The average Bonchev–Trinajstić information content (AvgIpc) is 3.03. The van der Waals surface area contributed by atoms with E-state index < -0.39 is 0 Å². The number of hydrogen-bond donors (Lipinski definition) is 2. The van der Waals surface area contributed by atoms with E-state index in [2.05, 4.69) is 51.4 Å². The standard InChI is InChI=1S/C19H28N6.HI/c1-13(2)25-12-16-7-8-17(9-18(16)24-25)23-19(20-4)22-11-15-6-5-14(3)21-10-15;/h5-6,10,12-13,17H,7-9,11H2,1-4H3,(H2,20,22,23);1H. The van der Waals surface area contributed by atoms with Gasteiger partial charge < -0.3 is 10.6 Å². The van der Waals surface area contributed by atoms with Crippen LogP contribution in [0.3, 0.4) is 0 Å². The van der Waals surface area contributed by atoms with E-state index in [-0.39, 0.29) is 24.0 Å². The molecule has 0 radical (unpaired) electrons. The second-order valence-electron chi connectivity index (χ2n) is 6.99. The van der Waals surface area contributed by atoms with Crippen molar-refractivity contribution in [3.05, 3.63) is 47.0 Å². The van der Waals surface area contributed by atoms with Crippen LogP contribution in [0.1, 0.15) is 48.8 Å². The predicted molar refractivity (Wildman–Crippen MR) is 116 cm³/mol. The zero-order valence-corrected chi connectivity index (χ0v) is 18.3. The fourth-order valence-electron chi connectivity index (χ4n) is 3.08. The summed E-state index contributed by atoms with van der Waals surface area (Å²) in [5, 5.41) is 11.7. The van der Waals surface area contributed by atoms with Gasteiger partial charge in [0.25, 0.3) is 0 Å².